The average Bonchev–Trinajstić information content (AvgIpc) is 2.30. The first kappa shape index (κ1) is 13.8. The van der Waals surface area contributed by atoms with Gasteiger partial charge >= 0.3 is 0 Å². The van der Waals surface area contributed by atoms with E-state index in [1.165, 1.54) is 0 Å². The van der Waals surface area contributed by atoms with E-state index in [2.05, 4.69) is 5.48 Å². The van der Waals surface area contributed by atoms with Gasteiger partial charge in [0.25, 0.3) is 5.91 Å². The first-order chi connectivity index (χ1) is 8.04. The molecular weight excluding hydrogens is 242 g/mol. The number of carbonyl (C=O) groups excluding carboxylic acids is 1. The van der Waals surface area contributed by atoms with Gasteiger partial charge in [-0.05, 0) is 38.5 Å². The number of hydroxylamine groups is 1. The highest BCUT2D eigenvalue weighted by atomic mass is 35.5. The van der Waals surface area contributed by atoms with Crippen molar-refractivity contribution in [3.8, 4) is 5.75 Å². The van der Waals surface area contributed by atoms with E-state index in [0.29, 0.717) is 17.4 Å². The number of rotatable bonds is 5. The largest absolute Gasteiger partial charge is 0.479 e. The molecule has 0 saturated heterocycles. The Morgan fingerprint density at radius 2 is 2.24 bits per heavy atom. The third kappa shape index (κ3) is 4.24. The molecule has 4 nitrogen and oxygen atoms in total. The first-order valence-corrected chi connectivity index (χ1v) is 5.76. The standard InChI is InChI=1S/C12H16ClNO3/c1-4-16-14-12(15)9(3)17-11-7-8(2)5-6-10(11)13/h5-7,9H,4H2,1-3H3,(H,14,15)/t9-/m0/s1. The maximum atomic E-state index is 11.5. The van der Waals surface area contributed by atoms with Crippen molar-refractivity contribution in [2.45, 2.75) is 26.9 Å². The molecule has 0 heterocycles. The van der Waals surface area contributed by atoms with Gasteiger partial charge in [-0.3, -0.25) is 9.63 Å². The van der Waals surface area contributed by atoms with Crippen molar-refractivity contribution >= 4 is 17.5 Å². The van der Waals surface area contributed by atoms with Crippen LogP contribution < -0.4 is 10.2 Å². The SMILES string of the molecule is CCONC(=O)[C@H](C)Oc1cc(C)ccc1Cl. The van der Waals surface area contributed by atoms with Crippen molar-refractivity contribution in [1.29, 1.82) is 0 Å². The third-order valence-electron chi connectivity index (χ3n) is 2.08. The summed E-state index contributed by atoms with van der Waals surface area (Å²) in [4.78, 5) is 16.3. The molecular formula is C12H16ClNO3. The Bertz CT molecular complexity index is 395. The van der Waals surface area contributed by atoms with Gasteiger partial charge in [0.15, 0.2) is 6.10 Å². The Morgan fingerprint density at radius 1 is 1.53 bits per heavy atom. The zero-order valence-corrected chi connectivity index (χ0v) is 10.9. The molecule has 1 N–H and O–H groups in total. The molecule has 0 aliphatic rings. The van der Waals surface area contributed by atoms with Gasteiger partial charge in [0.2, 0.25) is 0 Å². The second-order valence-electron chi connectivity index (χ2n) is 3.59. The van der Waals surface area contributed by atoms with Crippen LogP contribution in [0, 0.1) is 6.92 Å². The summed E-state index contributed by atoms with van der Waals surface area (Å²) in [5.41, 5.74) is 3.29. The number of aryl methyl sites for hydroxylation is 1. The van der Waals surface area contributed by atoms with E-state index in [9.17, 15) is 4.79 Å². The van der Waals surface area contributed by atoms with Gasteiger partial charge in [-0.15, -0.1) is 0 Å². The van der Waals surface area contributed by atoms with Gasteiger partial charge in [-0.1, -0.05) is 17.7 Å². The summed E-state index contributed by atoms with van der Waals surface area (Å²) in [6.07, 6.45) is -0.666. The Labute approximate surface area is 106 Å². The number of halogens is 1. The molecule has 0 unspecified atom stereocenters. The highest BCUT2D eigenvalue weighted by Crippen LogP contribution is 2.26. The number of ether oxygens (including phenoxy) is 1. The predicted molar refractivity (Wildman–Crippen MR) is 66.0 cm³/mol. The summed E-state index contributed by atoms with van der Waals surface area (Å²) >= 11 is 5.96. The van der Waals surface area contributed by atoms with Crippen LogP contribution in [0.25, 0.3) is 0 Å². The average molecular weight is 258 g/mol. The van der Waals surface area contributed by atoms with Crippen LogP contribution in [0.2, 0.25) is 5.02 Å². The summed E-state index contributed by atoms with van der Waals surface area (Å²) in [6, 6.07) is 5.40. The molecule has 0 radical (unpaired) electrons. The van der Waals surface area contributed by atoms with Crippen LogP contribution in [0.4, 0.5) is 0 Å². The molecule has 1 aromatic rings. The van der Waals surface area contributed by atoms with Crippen LogP contribution in [-0.4, -0.2) is 18.6 Å². The smallest absolute Gasteiger partial charge is 0.284 e. The van der Waals surface area contributed by atoms with E-state index in [-0.39, 0.29) is 5.91 Å². The van der Waals surface area contributed by atoms with E-state index >= 15 is 0 Å². The topological polar surface area (TPSA) is 47.6 Å². The molecule has 0 aliphatic heterocycles. The molecule has 1 aromatic carbocycles. The Morgan fingerprint density at radius 3 is 2.88 bits per heavy atom. The van der Waals surface area contributed by atoms with Crippen molar-refractivity contribution in [3.63, 3.8) is 0 Å². The lowest BCUT2D eigenvalue weighted by molar-refractivity contribution is -0.139. The van der Waals surface area contributed by atoms with E-state index in [1.807, 2.05) is 13.0 Å². The summed E-state index contributed by atoms with van der Waals surface area (Å²) in [6.45, 7) is 5.74. The van der Waals surface area contributed by atoms with Crippen molar-refractivity contribution in [3.05, 3.63) is 28.8 Å². The zero-order valence-electron chi connectivity index (χ0n) is 10.1. The van der Waals surface area contributed by atoms with Crippen molar-refractivity contribution < 1.29 is 14.4 Å². The second-order valence-corrected chi connectivity index (χ2v) is 4.00. The first-order valence-electron chi connectivity index (χ1n) is 5.39. The summed E-state index contributed by atoms with van der Waals surface area (Å²) in [5.74, 6) is 0.148. The van der Waals surface area contributed by atoms with Crippen LogP contribution in [0.15, 0.2) is 18.2 Å². The van der Waals surface area contributed by atoms with E-state index < -0.39 is 6.10 Å². The summed E-state index contributed by atoms with van der Waals surface area (Å²) < 4.78 is 5.46. The Balaban J connectivity index is 2.64. The molecule has 0 aliphatic carbocycles. The molecule has 17 heavy (non-hydrogen) atoms. The van der Waals surface area contributed by atoms with E-state index in [0.717, 1.165) is 5.56 Å². The number of amides is 1. The Hall–Kier alpha value is -1.26. The maximum absolute atomic E-state index is 11.5. The van der Waals surface area contributed by atoms with Crippen LogP contribution in [0.1, 0.15) is 19.4 Å². The number of carbonyl (C=O) groups is 1. The van der Waals surface area contributed by atoms with Crippen molar-refractivity contribution in [2.75, 3.05) is 6.61 Å². The fraction of sp³-hybridized carbons (Fsp3) is 0.417. The molecule has 0 aromatic heterocycles. The summed E-state index contributed by atoms with van der Waals surface area (Å²) in [7, 11) is 0. The molecule has 0 fully saturated rings. The number of hydrogen-bond acceptors (Lipinski definition) is 3. The minimum Gasteiger partial charge on any atom is -0.479 e. The van der Waals surface area contributed by atoms with Gasteiger partial charge in [-0.25, -0.2) is 5.48 Å². The Kier molecular flexibility index (Phi) is 5.25. The lowest BCUT2D eigenvalue weighted by Crippen LogP contribution is -2.36. The predicted octanol–water partition coefficient (Wildman–Crippen LogP) is 2.48. The number of hydrogen-bond donors (Lipinski definition) is 1. The van der Waals surface area contributed by atoms with Crippen LogP contribution in [0.3, 0.4) is 0 Å². The minimum atomic E-state index is -0.666. The minimum absolute atomic E-state index is 0.343. The van der Waals surface area contributed by atoms with Gasteiger partial charge in [0, 0.05) is 0 Å². The fourth-order valence-corrected chi connectivity index (χ4v) is 1.33. The van der Waals surface area contributed by atoms with Crippen molar-refractivity contribution in [2.24, 2.45) is 0 Å². The molecule has 0 saturated carbocycles. The highest BCUT2D eigenvalue weighted by molar-refractivity contribution is 6.32. The lowest BCUT2D eigenvalue weighted by atomic mass is 10.2. The molecule has 1 atom stereocenters. The normalized spacial score (nSPS) is 12.0. The van der Waals surface area contributed by atoms with Gasteiger partial charge in [0.1, 0.15) is 5.75 Å². The van der Waals surface area contributed by atoms with Crippen molar-refractivity contribution in [1.82, 2.24) is 5.48 Å². The zero-order chi connectivity index (χ0) is 12.8. The van der Waals surface area contributed by atoms with Crippen LogP contribution in [-0.2, 0) is 9.63 Å². The molecule has 1 rings (SSSR count). The monoisotopic (exact) mass is 257 g/mol. The summed E-state index contributed by atoms with van der Waals surface area (Å²) in [5, 5.41) is 0.478. The molecule has 0 spiro atoms. The van der Waals surface area contributed by atoms with Crippen LogP contribution >= 0.6 is 11.6 Å². The highest BCUT2D eigenvalue weighted by Gasteiger charge is 2.16. The molecule has 1 amide bonds. The fourth-order valence-electron chi connectivity index (χ4n) is 1.17. The quantitative estimate of drug-likeness (QED) is 0.825. The lowest BCUT2D eigenvalue weighted by Gasteiger charge is -2.15. The van der Waals surface area contributed by atoms with Gasteiger partial charge in [-0.2, -0.15) is 0 Å². The molecule has 94 valence electrons. The third-order valence-corrected chi connectivity index (χ3v) is 2.39. The van der Waals surface area contributed by atoms with Gasteiger partial charge in [0.05, 0.1) is 11.6 Å². The van der Waals surface area contributed by atoms with E-state index in [1.54, 1.807) is 26.0 Å². The number of nitrogens with one attached hydrogen (secondary N) is 1. The van der Waals surface area contributed by atoms with Crippen LogP contribution in [0.5, 0.6) is 5.75 Å². The number of benzene rings is 1. The second kappa shape index (κ2) is 6.47. The maximum Gasteiger partial charge on any atom is 0.284 e. The van der Waals surface area contributed by atoms with E-state index in [4.69, 9.17) is 21.2 Å². The molecule has 5 heteroatoms. The molecule has 0 bridgehead atoms. The van der Waals surface area contributed by atoms with Gasteiger partial charge < -0.3 is 4.74 Å².